The third-order valence-corrected chi connectivity index (χ3v) is 5.00. The van der Waals surface area contributed by atoms with E-state index in [2.05, 4.69) is 20.5 Å². The van der Waals surface area contributed by atoms with Crippen molar-refractivity contribution in [1.29, 1.82) is 0 Å². The van der Waals surface area contributed by atoms with Gasteiger partial charge in [0.15, 0.2) is 11.5 Å². The first-order valence-electron chi connectivity index (χ1n) is 9.18. The highest BCUT2D eigenvalue weighted by Crippen LogP contribution is 2.24. The molecule has 1 aliphatic rings. The molecule has 0 aliphatic carbocycles. The van der Waals surface area contributed by atoms with E-state index in [1.165, 1.54) is 0 Å². The zero-order chi connectivity index (χ0) is 18.8. The molecule has 9 heteroatoms. The lowest BCUT2D eigenvalue weighted by atomic mass is 10.1. The molecule has 3 aromatic heterocycles. The van der Waals surface area contributed by atoms with E-state index in [0.29, 0.717) is 18.0 Å². The maximum atomic E-state index is 12.9. The van der Waals surface area contributed by atoms with Crippen LogP contribution in [-0.4, -0.2) is 53.1 Å². The Balaban J connectivity index is 1.40. The van der Waals surface area contributed by atoms with E-state index in [9.17, 15) is 4.79 Å². The molecular formula is C18H23N7O2. The average Bonchev–Trinajstić information content (AvgIpc) is 3.42. The fourth-order valence-corrected chi connectivity index (χ4v) is 3.58. The largest absolute Gasteiger partial charge is 0.359 e. The molecule has 1 saturated heterocycles. The topological polar surface area (TPSA) is 94.9 Å². The normalized spacial score (nSPS) is 17.0. The number of likely N-dealkylation sites (tertiary alicyclic amines) is 1. The molecule has 0 N–H and O–H groups in total. The maximum Gasteiger partial charge on any atom is 0.276 e. The third kappa shape index (κ3) is 3.76. The summed E-state index contributed by atoms with van der Waals surface area (Å²) in [6.45, 7) is 3.19. The van der Waals surface area contributed by atoms with E-state index in [0.717, 1.165) is 43.6 Å². The van der Waals surface area contributed by atoms with Crippen molar-refractivity contribution >= 4 is 5.91 Å². The van der Waals surface area contributed by atoms with Crippen molar-refractivity contribution in [3.63, 3.8) is 0 Å². The number of rotatable bonds is 6. The monoisotopic (exact) mass is 369 g/mol. The number of aryl methyl sites for hydroxylation is 3. The first-order valence-corrected chi connectivity index (χ1v) is 9.18. The summed E-state index contributed by atoms with van der Waals surface area (Å²) in [7, 11) is 1.94. The molecule has 27 heavy (non-hydrogen) atoms. The van der Waals surface area contributed by atoms with Gasteiger partial charge in [0.25, 0.3) is 5.91 Å². The molecule has 4 rings (SSSR count). The molecule has 0 radical (unpaired) electrons. The van der Waals surface area contributed by atoms with Crippen LogP contribution in [0.5, 0.6) is 0 Å². The summed E-state index contributed by atoms with van der Waals surface area (Å²) in [6, 6.07) is 1.92. The van der Waals surface area contributed by atoms with Crippen molar-refractivity contribution in [2.45, 2.75) is 45.2 Å². The molecule has 1 unspecified atom stereocenters. The molecule has 3 aromatic rings. The Morgan fingerprint density at radius 3 is 3.04 bits per heavy atom. The second-order valence-electron chi connectivity index (χ2n) is 7.09. The van der Waals surface area contributed by atoms with Gasteiger partial charge in [-0.1, -0.05) is 5.16 Å². The number of amides is 1. The fourth-order valence-electron chi connectivity index (χ4n) is 3.58. The van der Waals surface area contributed by atoms with Crippen LogP contribution in [0.1, 0.15) is 46.9 Å². The molecule has 142 valence electrons. The van der Waals surface area contributed by atoms with Crippen molar-refractivity contribution in [2.24, 2.45) is 7.05 Å². The van der Waals surface area contributed by atoms with Crippen molar-refractivity contribution in [2.75, 3.05) is 6.54 Å². The van der Waals surface area contributed by atoms with Gasteiger partial charge >= 0.3 is 0 Å². The highest BCUT2D eigenvalue weighted by atomic mass is 16.5. The number of nitrogens with zero attached hydrogens (tertiary/aromatic N) is 7. The molecule has 0 spiro atoms. The molecule has 1 fully saturated rings. The molecule has 9 nitrogen and oxygen atoms in total. The predicted molar refractivity (Wildman–Crippen MR) is 96.0 cm³/mol. The number of hydrogen-bond donors (Lipinski definition) is 0. The summed E-state index contributed by atoms with van der Waals surface area (Å²) in [6.07, 6.45) is 9.09. The van der Waals surface area contributed by atoms with Gasteiger partial charge in [0, 0.05) is 38.3 Å². The Kier molecular flexibility index (Phi) is 4.74. The average molecular weight is 369 g/mol. The van der Waals surface area contributed by atoms with Crippen LogP contribution < -0.4 is 0 Å². The van der Waals surface area contributed by atoms with Crippen molar-refractivity contribution in [3.05, 3.63) is 47.6 Å². The van der Waals surface area contributed by atoms with E-state index in [-0.39, 0.29) is 11.9 Å². The fraction of sp³-hybridized carbons (Fsp3) is 0.500. The van der Waals surface area contributed by atoms with Gasteiger partial charge in [-0.25, -0.2) is 0 Å². The number of carbonyl (C=O) groups is 1. The third-order valence-electron chi connectivity index (χ3n) is 5.00. The smallest absolute Gasteiger partial charge is 0.276 e. The summed E-state index contributed by atoms with van der Waals surface area (Å²) >= 11 is 0. The summed E-state index contributed by atoms with van der Waals surface area (Å²) in [5.74, 6) is 1.49. The van der Waals surface area contributed by atoms with E-state index in [1.807, 2.05) is 29.6 Å². The molecule has 1 amide bonds. The van der Waals surface area contributed by atoms with Crippen LogP contribution in [0.25, 0.3) is 0 Å². The second-order valence-corrected chi connectivity index (χ2v) is 7.09. The summed E-state index contributed by atoms with van der Waals surface area (Å²) in [5, 5.41) is 16.3. The van der Waals surface area contributed by atoms with Crippen LogP contribution in [-0.2, 0) is 20.0 Å². The Bertz CT molecular complexity index is 926. The highest BCUT2D eigenvalue weighted by molar-refractivity contribution is 5.92. The van der Waals surface area contributed by atoms with Crippen molar-refractivity contribution in [1.82, 2.24) is 34.6 Å². The van der Waals surface area contributed by atoms with Gasteiger partial charge in [-0.15, -0.1) is 10.2 Å². The Hall–Kier alpha value is -2.97. The molecule has 1 atom stereocenters. The van der Waals surface area contributed by atoms with E-state index in [1.54, 1.807) is 23.3 Å². The predicted octanol–water partition coefficient (Wildman–Crippen LogP) is 1.59. The van der Waals surface area contributed by atoms with Crippen LogP contribution in [0, 0.1) is 6.92 Å². The minimum atomic E-state index is -0.0675. The lowest BCUT2D eigenvalue weighted by Crippen LogP contribution is -2.36. The minimum absolute atomic E-state index is 0.0675. The van der Waals surface area contributed by atoms with Crippen molar-refractivity contribution in [3.8, 4) is 0 Å². The van der Waals surface area contributed by atoms with Gasteiger partial charge in [0.1, 0.15) is 18.7 Å². The van der Waals surface area contributed by atoms with Crippen LogP contribution in [0.2, 0.25) is 0 Å². The number of carbonyl (C=O) groups excluding carboxylic acids is 1. The molecule has 0 bridgehead atoms. The lowest BCUT2D eigenvalue weighted by Gasteiger charge is -2.23. The Morgan fingerprint density at radius 1 is 1.41 bits per heavy atom. The second kappa shape index (κ2) is 7.34. The molecular weight excluding hydrogens is 346 g/mol. The molecule has 4 heterocycles. The van der Waals surface area contributed by atoms with Crippen LogP contribution >= 0.6 is 0 Å². The zero-order valence-electron chi connectivity index (χ0n) is 15.6. The summed E-state index contributed by atoms with van der Waals surface area (Å²) < 4.78 is 9.03. The first-order chi connectivity index (χ1) is 13.1. The minimum Gasteiger partial charge on any atom is -0.359 e. The van der Waals surface area contributed by atoms with Crippen molar-refractivity contribution < 1.29 is 9.32 Å². The zero-order valence-corrected chi connectivity index (χ0v) is 15.6. The van der Waals surface area contributed by atoms with Gasteiger partial charge in [-0.2, -0.15) is 5.10 Å². The standard InChI is InChI=1S/C18H23N7O2/c1-13-9-20-24(10-13)11-15-8-16(22-27-15)18(26)25-7-3-4-14(25)5-6-17-21-19-12-23(17)2/h8-10,12,14H,3-7,11H2,1-2H3. The van der Waals surface area contributed by atoms with Gasteiger partial charge in [-0.05, 0) is 31.7 Å². The number of aromatic nitrogens is 6. The van der Waals surface area contributed by atoms with Crippen LogP contribution in [0.15, 0.2) is 29.3 Å². The van der Waals surface area contributed by atoms with Gasteiger partial charge in [0.05, 0.1) is 6.20 Å². The summed E-state index contributed by atoms with van der Waals surface area (Å²) in [5.41, 5.74) is 1.44. The lowest BCUT2D eigenvalue weighted by molar-refractivity contribution is 0.0719. The van der Waals surface area contributed by atoms with Crippen LogP contribution in [0.4, 0.5) is 0 Å². The van der Waals surface area contributed by atoms with Gasteiger partial charge < -0.3 is 14.0 Å². The molecule has 0 saturated carbocycles. The Morgan fingerprint density at radius 2 is 2.30 bits per heavy atom. The van der Waals surface area contributed by atoms with Gasteiger partial charge in [0.2, 0.25) is 0 Å². The van der Waals surface area contributed by atoms with E-state index >= 15 is 0 Å². The van der Waals surface area contributed by atoms with Crippen LogP contribution in [0.3, 0.4) is 0 Å². The maximum absolute atomic E-state index is 12.9. The van der Waals surface area contributed by atoms with E-state index in [4.69, 9.17) is 4.52 Å². The first kappa shape index (κ1) is 17.4. The SMILES string of the molecule is Cc1cnn(Cc2cc(C(=O)N3CCCC3CCc3nncn3C)no2)c1. The molecule has 1 aliphatic heterocycles. The highest BCUT2D eigenvalue weighted by Gasteiger charge is 2.31. The Labute approximate surface area is 157 Å². The quantitative estimate of drug-likeness (QED) is 0.655. The summed E-state index contributed by atoms with van der Waals surface area (Å²) in [4.78, 5) is 14.8. The molecule has 0 aromatic carbocycles. The van der Waals surface area contributed by atoms with Gasteiger partial charge in [-0.3, -0.25) is 9.48 Å². The van der Waals surface area contributed by atoms with E-state index < -0.39 is 0 Å². The number of hydrogen-bond acceptors (Lipinski definition) is 6.